The maximum atomic E-state index is 12.2. The number of anilines is 1. The maximum Gasteiger partial charge on any atom is 0.242 e. The quantitative estimate of drug-likeness (QED) is 0.816. The van der Waals surface area contributed by atoms with Gasteiger partial charge in [-0.15, -0.1) is 0 Å². The number of hydrogen-bond donors (Lipinski definition) is 2. The van der Waals surface area contributed by atoms with E-state index in [1.54, 1.807) is 36.1 Å². The summed E-state index contributed by atoms with van der Waals surface area (Å²) in [5.74, 6) is 0.628. The highest BCUT2D eigenvalue weighted by Gasteiger charge is 2.18. The van der Waals surface area contributed by atoms with E-state index in [4.69, 9.17) is 5.73 Å². The van der Waals surface area contributed by atoms with E-state index in [1.807, 2.05) is 0 Å². The average molecular weight is 345 g/mol. The molecule has 0 aliphatic heterocycles. The Labute approximate surface area is 119 Å². The van der Waals surface area contributed by atoms with Crippen LogP contribution in [0.15, 0.2) is 40.0 Å². The van der Waals surface area contributed by atoms with Gasteiger partial charge in [0.15, 0.2) is 0 Å². The fourth-order valence-electron chi connectivity index (χ4n) is 1.53. The predicted octanol–water partition coefficient (Wildman–Crippen LogP) is 1.24. The van der Waals surface area contributed by atoms with Crippen molar-refractivity contribution in [3.8, 4) is 0 Å². The second-order valence-electron chi connectivity index (χ2n) is 3.97. The van der Waals surface area contributed by atoms with E-state index < -0.39 is 10.0 Å². The molecule has 6 nitrogen and oxygen atoms in total. The zero-order valence-corrected chi connectivity index (χ0v) is 12.6. The molecule has 8 heteroatoms. The Kier molecular flexibility index (Phi) is 3.93. The van der Waals surface area contributed by atoms with Crippen molar-refractivity contribution < 1.29 is 8.42 Å². The minimum Gasteiger partial charge on any atom is -0.399 e. The molecule has 0 saturated heterocycles. The Morgan fingerprint density at radius 2 is 2.21 bits per heavy atom. The lowest BCUT2D eigenvalue weighted by Gasteiger charge is -2.09. The molecule has 0 amide bonds. The van der Waals surface area contributed by atoms with Crippen LogP contribution in [0.25, 0.3) is 0 Å². The normalized spacial score (nSPS) is 11.7. The Morgan fingerprint density at radius 1 is 1.47 bits per heavy atom. The molecule has 102 valence electrons. The molecular formula is C11H13BrN4O2S. The lowest BCUT2D eigenvalue weighted by molar-refractivity contribution is 0.577. The molecule has 0 aliphatic carbocycles. The summed E-state index contributed by atoms with van der Waals surface area (Å²) in [4.78, 5) is 4.16. The topological polar surface area (TPSA) is 90.0 Å². The highest BCUT2D eigenvalue weighted by molar-refractivity contribution is 9.10. The van der Waals surface area contributed by atoms with Gasteiger partial charge in [0.25, 0.3) is 0 Å². The van der Waals surface area contributed by atoms with Gasteiger partial charge in [-0.3, -0.25) is 0 Å². The Bertz CT molecular complexity index is 696. The molecule has 2 rings (SSSR count). The lowest BCUT2D eigenvalue weighted by Crippen LogP contribution is -2.25. The summed E-state index contributed by atoms with van der Waals surface area (Å²) < 4.78 is 29.1. The van der Waals surface area contributed by atoms with Gasteiger partial charge in [-0.1, -0.05) is 0 Å². The van der Waals surface area contributed by atoms with Gasteiger partial charge in [0.1, 0.15) is 5.82 Å². The van der Waals surface area contributed by atoms with E-state index >= 15 is 0 Å². The molecule has 0 saturated carbocycles. The van der Waals surface area contributed by atoms with Gasteiger partial charge in [-0.05, 0) is 34.1 Å². The number of hydrogen-bond acceptors (Lipinski definition) is 4. The fourth-order valence-corrected chi connectivity index (χ4v) is 3.51. The van der Waals surface area contributed by atoms with Gasteiger partial charge in [0.05, 0.1) is 11.4 Å². The van der Waals surface area contributed by atoms with Crippen LogP contribution in [-0.4, -0.2) is 18.0 Å². The van der Waals surface area contributed by atoms with Crippen LogP contribution in [0.3, 0.4) is 0 Å². The molecule has 0 fully saturated rings. The number of nitrogens with zero attached hydrogens (tertiary/aromatic N) is 2. The number of nitrogens with two attached hydrogens (primary N) is 1. The smallest absolute Gasteiger partial charge is 0.242 e. The molecule has 1 heterocycles. The van der Waals surface area contributed by atoms with E-state index in [0.717, 1.165) is 0 Å². The molecule has 3 N–H and O–H groups in total. The van der Waals surface area contributed by atoms with Gasteiger partial charge in [-0.25, -0.2) is 18.1 Å². The van der Waals surface area contributed by atoms with E-state index in [2.05, 4.69) is 25.6 Å². The van der Waals surface area contributed by atoms with E-state index in [-0.39, 0.29) is 11.4 Å². The van der Waals surface area contributed by atoms with Crippen LogP contribution >= 0.6 is 15.9 Å². The summed E-state index contributed by atoms with van der Waals surface area (Å²) in [6, 6.07) is 4.64. The van der Waals surface area contributed by atoms with Gasteiger partial charge < -0.3 is 10.3 Å². The van der Waals surface area contributed by atoms with Crippen LogP contribution in [0.1, 0.15) is 5.82 Å². The molecule has 0 unspecified atom stereocenters. The van der Waals surface area contributed by atoms with Crippen LogP contribution in [0.5, 0.6) is 0 Å². The van der Waals surface area contributed by atoms with Crippen molar-refractivity contribution >= 4 is 31.6 Å². The van der Waals surface area contributed by atoms with Crippen LogP contribution in [-0.2, 0) is 23.6 Å². The van der Waals surface area contributed by atoms with Crippen LogP contribution < -0.4 is 10.5 Å². The summed E-state index contributed by atoms with van der Waals surface area (Å²) in [6.07, 6.45) is 3.36. The number of sulfonamides is 1. The number of halogens is 1. The number of nitrogens with one attached hydrogen (secondary N) is 1. The molecule has 0 spiro atoms. The molecule has 0 bridgehead atoms. The monoisotopic (exact) mass is 344 g/mol. The van der Waals surface area contributed by atoms with Gasteiger partial charge in [0, 0.05) is 29.6 Å². The summed E-state index contributed by atoms with van der Waals surface area (Å²) in [7, 11) is -1.84. The zero-order chi connectivity index (χ0) is 14.0. The molecule has 1 aromatic heterocycles. The van der Waals surface area contributed by atoms with E-state index in [9.17, 15) is 8.42 Å². The summed E-state index contributed by atoms with van der Waals surface area (Å²) >= 11 is 3.20. The number of benzene rings is 1. The maximum absolute atomic E-state index is 12.2. The fraction of sp³-hybridized carbons (Fsp3) is 0.182. The summed E-state index contributed by atoms with van der Waals surface area (Å²) in [6.45, 7) is 0.118. The van der Waals surface area contributed by atoms with Crippen molar-refractivity contribution in [3.05, 3.63) is 40.9 Å². The molecule has 0 aliphatic rings. The van der Waals surface area contributed by atoms with E-state index in [0.29, 0.717) is 16.0 Å². The van der Waals surface area contributed by atoms with Crippen molar-refractivity contribution in [1.82, 2.24) is 14.3 Å². The molecule has 0 radical (unpaired) electrons. The van der Waals surface area contributed by atoms with Crippen molar-refractivity contribution in [1.29, 1.82) is 0 Å². The van der Waals surface area contributed by atoms with Crippen LogP contribution in [0.4, 0.5) is 5.69 Å². The molecule has 1 aromatic carbocycles. The highest BCUT2D eigenvalue weighted by atomic mass is 79.9. The van der Waals surface area contributed by atoms with Crippen LogP contribution in [0.2, 0.25) is 0 Å². The van der Waals surface area contributed by atoms with Crippen molar-refractivity contribution in [2.75, 3.05) is 5.73 Å². The first-order chi connectivity index (χ1) is 8.90. The minimum absolute atomic E-state index is 0.113. The third-order valence-corrected chi connectivity index (χ3v) is 4.98. The Hall–Kier alpha value is -1.38. The third kappa shape index (κ3) is 3.14. The Balaban J connectivity index is 2.23. The first-order valence-corrected chi connectivity index (χ1v) is 7.68. The SMILES string of the molecule is Cn1ccnc1CNS(=O)(=O)c1cc(N)ccc1Br. The third-order valence-electron chi connectivity index (χ3n) is 2.59. The number of nitrogen functional groups attached to an aromatic ring is 1. The largest absolute Gasteiger partial charge is 0.399 e. The average Bonchev–Trinajstić information content (AvgIpc) is 2.75. The number of aryl methyl sites for hydroxylation is 1. The number of aromatic nitrogens is 2. The zero-order valence-electron chi connectivity index (χ0n) is 10.2. The number of imidazole rings is 1. The van der Waals surface area contributed by atoms with E-state index in [1.165, 1.54) is 6.07 Å². The molecule has 19 heavy (non-hydrogen) atoms. The van der Waals surface area contributed by atoms with Gasteiger partial charge in [0.2, 0.25) is 10.0 Å². The molecule has 2 aromatic rings. The first-order valence-electron chi connectivity index (χ1n) is 5.41. The standard InChI is InChI=1S/C11H13BrN4O2S/c1-16-5-4-14-11(16)7-15-19(17,18)10-6-8(13)2-3-9(10)12/h2-6,15H,7,13H2,1H3. The molecule has 0 atom stereocenters. The first kappa shape index (κ1) is 14.0. The highest BCUT2D eigenvalue weighted by Crippen LogP contribution is 2.24. The van der Waals surface area contributed by atoms with Gasteiger partial charge in [-0.2, -0.15) is 0 Å². The van der Waals surface area contributed by atoms with Crippen molar-refractivity contribution in [2.24, 2.45) is 7.05 Å². The second kappa shape index (κ2) is 5.32. The van der Waals surface area contributed by atoms with Crippen molar-refractivity contribution in [2.45, 2.75) is 11.4 Å². The summed E-state index contributed by atoms with van der Waals surface area (Å²) in [5.41, 5.74) is 6.00. The summed E-state index contributed by atoms with van der Waals surface area (Å²) in [5, 5.41) is 0. The predicted molar refractivity (Wildman–Crippen MR) is 75.8 cm³/mol. The second-order valence-corrected chi connectivity index (χ2v) is 6.56. The van der Waals surface area contributed by atoms with Crippen LogP contribution in [0, 0.1) is 0 Å². The lowest BCUT2D eigenvalue weighted by atomic mass is 10.3. The Morgan fingerprint density at radius 3 is 2.84 bits per heavy atom. The minimum atomic E-state index is -3.64. The number of rotatable bonds is 4. The van der Waals surface area contributed by atoms with Gasteiger partial charge >= 0.3 is 0 Å². The van der Waals surface area contributed by atoms with Crippen molar-refractivity contribution in [3.63, 3.8) is 0 Å². The molecular weight excluding hydrogens is 332 g/mol.